The lowest BCUT2D eigenvalue weighted by Gasteiger charge is -1.88. The molecule has 0 saturated heterocycles. The van der Waals surface area contributed by atoms with Crippen LogP contribution >= 0.6 is 0 Å². The summed E-state index contributed by atoms with van der Waals surface area (Å²) in [7, 11) is 0. The molecule has 0 saturated carbocycles. The van der Waals surface area contributed by atoms with Crippen molar-refractivity contribution in [1.82, 2.24) is 0 Å². The van der Waals surface area contributed by atoms with E-state index in [4.69, 9.17) is 10.8 Å². The molecule has 1 heteroatoms. The van der Waals surface area contributed by atoms with E-state index in [1.807, 2.05) is 31.2 Å². The van der Waals surface area contributed by atoms with E-state index >= 15 is 0 Å². The minimum Gasteiger partial charge on any atom is -0.460 e. The number of hydrogen-bond acceptors (Lipinski definition) is 1. The van der Waals surface area contributed by atoms with Gasteiger partial charge in [0.2, 0.25) is 0 Å². The molecule has 0 aliphatic carbocycles. The SMILES string of the molecule is C#CCc1oc2ccccc2c1C. The van der Waals surface area contributed by atoms with Crippen LogP contribution in [0, 0.1) is 19.3 Å². The van der Waals surface area contributed by atoms with Gasteiger partial charge in [0.1, 0.15) is 11.3 Å². The molecule has 64 valence electrons. The van der Waals surface area contributed by atoms with Crippen molar-refractivity contribution in [2.75, 3.05) is 0 Å². The summed E-state index contributed by atoms with van der Waals surface area (Å²) >= 11 is 0. The highest BCUT2D eigenvalue weighted by Crippen LogP contribution is 2.24. The second kappa shape index (κ2) is 2.99. The molecule has 0 bridgehead atoms. The Balaban J connectivity index is 2.68. The topological polar surface area (TPSA) is 13.1 Å². The van der Waals surface area contributed by atoms with Gasteiger partial charge in [-0.05, 0) is 18.6 Å². The zero-order valence-electron chi connectivity index (χ0n) is 7.50. The molecule has 1 aromatic heterocycles. The molecule has 2 rings (SSSR count). The number of rotatable bonds is 1. The molecule has 0 spiro atoms. The largest absolute Gasteiger partial charge is 0.460 e. The van der Waals surface area contributed by atoms with Crippen molar-refractivity contribution in [3.63, 3.8) is 0 Å². The number of aryl methyl sites for hydroxylation is 1. The third kappa shape index (κ3) is 1.21. The molecule has 0 amide bonds. The van der Waals surface area contributed by atoms with Crippen molar-refractivity contribution in [1.29, 1.82) is 0 Å². The average molecular weight is 170 g/mol. The van der Waals surface area contributed by atoms with Crippen LogP contribution in [-0.4, -0.2) is 0 Å². The molecular weight excluding hydrogens is 160 g/mol. The van der Waals surface area contributed by atoms with Crippen LogP contribution in [0.15, 0.2) is 28.7 Å². The molecule has 0 aliphatic rings. The van der Waals surface area contributed by atoms with Crippen molar-refractivity contribution in [2.24, 2.45) is 0 Å². The minimum absolute atomic E-state index is 0.570. The van der Waals surface area contributed by atoms with Crippen molar-refractivity contribution in [2.45, 2.75) is 13.3 Å². The molecular formula is C12H10O. The zero-order chi connectivity index (χ0) is 9.26. The Hall–Kier alpha value is -1.68. The standard InChI is InChI=1S/C12H10O/c1-3-6-11-9(2)10-7-4-5-8-12(10)13-11/h1,4-5,7-8H,6H2,2H3. The quantitative estimate of drug-likeness (QED) is 0.600. The Morgan fingerprint density at radius 2 is 2.15 bits per heavy atom. The summed E-state index contributed by atoms with van der Waals surface area (Å²) in [5.74, 6) is 3.50. The average Bonchev–Trinajstić information content (AvgIpc) is 2.46. The van der Waals surface area contributed by atoms with Gasteiger partial charge in [-0.15, -0.1) is 6.42 Å². The highest BCUT2D eigenvalue weighted by Gasteiger charge is 2.07. The summed E-state index contributed by atoms with van der Waals surface area (Å²) in [6.07, 6.45) is 5.81. The normalized spacial score (nSPS) is 10.2. The van der Waals surface area contributed by atoms with Gasteiger partial charge in [-0.2, -0.15) is 0 Å². The van der Waals surface area contributed by atoms with E-state index in [9.17, 15) is 0 Å². The monoisotopic (exact) mass is 170 g/mol. The van der Waals surface area contributed by atoms with Crippen LogP contribution in [0.5, 0.6) is 0 Å². The summed E-state index contributed by atoms with van der Waals surface area (Å²) in [5.41, 5.74) is 2.08. The molecule has 0 radical (unpaired) electrons. The van der Waals surface area contributed by atoms with Crippen LogP contribution in [0.2, 0.25) is 0 Å². The molecule has 1 nitrogen and oxygen atoms in total. The van der Waals surface area contributed by atoms with Crippen LogP contribution in [-0.2, 0) is 6.42 Å². The summed E-state index contributed by atoms with van der Waals surface area (Å²) in [6.45, 7) is 2.04. The van der Waals surface area contributed by atoms with Gasteiger partial charge in [-0.25, -0.2) is 0 Å². The molecule has 13 heavy (non-hydrogen) atoms. The Labute approximate surface area is 77.4 Å². The number of furan rings is 1. The first-order valence-electron chi connectivity index (χ1n) is 4.23. The summed E-state index contributed by atoms with van der Waals surface area (Å²) < 4.78 is 5.60. The second-order valence-corrected chi connectivity index (χ2v) is 3.03. The van der Waals surface area contributed by atoms with Crippen LogP contribution in [0.25, 0.3) is 11.0 Å². The molecule has 1 heterocycles. The number of benzene rings is 1. The molecule has 0 unspecified atom stereocenters. The first-order valence-corrected chi connectivity index (χ1v) is 4.23. The molecule has 0 fully saturated rings. The van der Waals surface area contributed by atoms with E-state index in [0.29, 0.717) is 6.42 Å². The summed E-state index contributed by atoms with van der Waals surface area (Å²) in [6, 6.07) is 7.98. The number of hydrogen-bond donors (Lipinski definition) is 0. The summed E-state index contributed by atoms with van der Waals surface area (Å²) in [4.78, 5) is 0. The lowest BCUT2D eigenvalue weighted by Crippen LogP contribution is -1.79. The van der Waals surface area contributed by atoms with Gasteiger partial charge in [0.25, 0.3) is 0 Å². The molecule has 0 aliphatic heterocycles. The van der Waals surface area contributed by atoms with Crippen LogP contribution < -0.4 is 0 Å². The van der Waals surface area contributed by atoms with E-state index in [1.165, 1.54) is 0 Å². The Kier molecular flexibility index (Phi) is 1.83. The van der Waals surface area contributed by atoms with Gasteiger partial charge in [0.05, 0.1) is 6.42 Å². The third-order valence-corrected chi connectivity index (χ3v) is 2.21. The van der Waals surface area contributed by atoms with Gasteiger partial charge < -0.3 is 4.42 Å². The Morgan fingerprint density at radius 1 is 1.38 bits per heavy atom. The van der Waals surface area contributed by atoms with Gasteiger partial charge in [-0.3, -0.25) is 0 Å². The van der Waals surface area contributed by atoms with Gasteiger partial charge in [0, 0.05) is 5.39 Å². The van der Waals surface area contributed by atoms with Gasteiger partial charge >= 0.3 is 0 Å². The van der Waals surface area contributed by atoms with Gasteiger partial charge in [-0.1, -0.05) is 24.1 Å². The molecule has 1 aromatic carbocycles. The van der Waals surface area contributed by atoms with Crippen molar-refractivity contribution in [3.05, 3.63) is 35.6 Å². The second-order valence-electron chi connectivity index (χ2n) is 3.03. The highest BCUT2D eigenvalue weighted by molar-refractivity contribution is 5.81. The number of terminal acetylenes is 1. The lowest BCUT2D eigenvalue weighted by molar-refractivity contribution is 0.564. The van der Waals surface area contributed by atoms with Crippen molar-refractivity contribution >= 4 is 11.0 Å². The van der Waals surface area contributed by atoms with E-state index in [1.54, 1.807) is 0 Å². The van der Waals surface area contributed by atoms with Gasteiger partial charge in [0.15, 0.2) is 0 Å². The first-order chi connectivity index (χ1) is 6.33. The predicted octanol–water partition coefficient (Wildman–Crippen LogP) is 2.92. The molecule has 2 aromatic rings. The number of para-hydroxylation sites is 1. The zero-order valence-corrected chi connectivity index (χ0v) is 7.50. The van der Waals surface area contributed by atoms with Crippen LogP contribution in [0.1, 0.15) is 11.3 Å². The van der Waals surface area contributed by atoms with Crippen LogP contribution in [0.4, 0.5) is 0 Å². The maximum Gasteiger partial charge on any atom is 0.134 e. The summed E-state index contributed by atoms with van der Waals surface area (Å²) in [5, 5.41) is 1.16. The smallest absolute Gasteiger partial charge is 0.134 e. The van der Waals surface area contributed by atoms with E-state index in [0.717, 1.165) is 22.3 Å². The fraction of sp³-hybridized carbons (Fsp3) is 0.167. The third-order valence-electron chi connectivity index (χ3n) is 2.21. The van der Waals surface area contributed by atoms with E-state index in [2.05, 4.69) is 5.92 Å². The van der Waals surface area contributed by atoms with Crippen molar-refractivity contribution in [3.8, 4) is 12.3 Å². The maximum absolute atomic E-state index is 5.60. The highest BCUT2D eigenvalue weighted by atomic mass is 16.3. The minimum atomic E-state index is 0.570. The fourth-order valence-electron chi connectivity index (χ4n) is 1.49. The Morgan fingerprint density at radius 3 is 2.85 bits per heavy atom. The molecule has 0 atom stereocenters. The predicted molar refractivity (Wildman–Crippen MR) is 53.5 cm³/mol. The van der Waals surface area contributed by atoms with E-state index in [-0.39, 0.29) is 0 Å². The van der Waals surface area contributed by atoms with E-state index < -0.39 is 0 Å². The Bertz CT molecular complexity index is 471. The fourth-order valence-corrected chi connectivity index (χ4v) is 1.49. The number of fused-ring (bicyclic) bond motifs is 1. The first kappa shape index (κ1) is 7.94. The molecule has 0 N–H and O–H groups in total. The van der Waals surface area contributed by atoms with Crippen LogP contribution in [0.3, 0.4) is 0 Å². The maximum atomic E-state index is 5.60. The van der Waals surface area contributed by atoms with Crippen molar-refractivity contribution < 1.29 is 4.42 Å². The lowest BCUT2D eigenvalue weighted by atomic mass is 10.1.